The van der Waals surface area contributed by atoms with Crippen molar-refractivity contribution in [2.24, 2.45) is 22.2 Å². The summed E-state index contributed by atoms with van der Waals surface area (Å²) in [5, 5.41) is 47.4. The van der Waals surface area contributed by atoms with Gasteiger partial charge in [-0.05, 0) is 124 Å². The summed E-state index contributed by atoms with van der Waals surface area (Å²) in [6.07, 6.45) is -5.41. The number of aryl methyl sites for hydroxylation is 1. The van der Waals surface area contributed by atoms with E-state index in [1.54, 1.807) is 120 Å². The van der Waals surface area contributed by atoms with E-state index in [2.05, 4.69) is 41.2 Å². The average Bonchev–Trinajstić information content (AvgIpc) is 0.684. The molecule has 2 aromatic heterocycles. The first-order chi connectivity index (χ1) is 45.9. The number of benzene rings is 4. The number of aliphatic hydroxyl groups is 2. The van der Waals surface area contributed by atoms with Crippen molar-refractivity contribution in [2.45, 2.75) is 155 Å². The lowest BCUT2D eigenvalue weighted by Crippen LogP contribution is -2.73. The highest BCUT2D eigenvalue weighted by molar-refractivity contribution is 6.06. The van der Waals surface area contributed by atoms with Crippen LogP contribution in [0.2, 0.25) is 0 Å². The molecule has 10 N–H and O–H groups in total. The number of anilines is 2. The number of carbonyl (C=O) groups is 9. The summed E-state index contributed by atoms with van der Waals surface area (Å²) in [6.45, 7) is 13.2. The molecule has 510 valence electrons. The molecule has 2 saturated carbocycles. The predicted octanol–water partition coefficient (Wildman–Crippen LogP) is 6.37. The van der Waals surface area contributed by atoms with E-state index in [4.69, 9.17) is 24.7 Å². The molecule has 3 heterocycles. The summed E-state index contributed by atoms with van der Waals surface area (Å²) >= 11 is 0. The Morgan fingerprint density at radius 2 is 1.47 bits per heavy atom. The van der Waals surface area contributed by atoms with E-state index in [0.717, 1.165) is 13.0 Å². The van der Waals surface area contributed by atoms with Crippen molar-refractivity contribution in [1.82, 2.24) is 35.9 Å². The monoisotopic (exact) mass is 1330 g/mol. The number of hydrogen-bond acceptors (Lipinski definition) is 21. The van der Waals surface area contributed by atoms with Crippen LogP contribution >= 0.6 is 0 Å². The number of carboxylic acids is 1. The van der Waals surface area contributed by atoms with Crippen LogP contribution < -0.4 is 32.6 Å². The molecular formula is C71H79N9O17. The number of fused-ring (bicyclic) bond motifs is 6. The van der Waals surface area contributed by atoms with E-state index in [0.29, 0.717) is 28.9 Å². The molecular weight excluding hydrogens is 1250 g/mol. The fraction of sp³-hybridized carbons (Fsp3) is 0.423. The minimum Gasteiger partial charge on any atom is -0.478 e. The van der Waals surface area contributed by atoms with Crippen LogP contribution in [0.15, 0.2) is 119 Å². The number of aromatic amines is 1. The number of carboxylic acid groups (broad SMARTS) is 1. The number of aromatic nitrogens is 4. The molecule has 4 aromatic carbocycles. The first kappa shape index (κ1) is 69.8. The van der Waals surface area contributed by atoms with E-state index in [-0.39, 0.29) is 121 Å². The van der Waals surface area contributed by atoms with Gasteiger partial charge in [0, 0.05) is 78.4 Å². The SMILES string of the molecule is CC(=O)O[C@H]1C(=O)[C@]2(C)[C@@H](OC(=O)c3cc(C)c(C(=O)NCCCC(=O)CC[C@@H](C)NC(=O)c4ccc(NCc5cnc6nc(N)[nH]c(=O)c6n5)cc4)cc3C(=O)O)C[C@H]3OC[C@@]3(C)[C@H]2C[C@]2(O)C[C@H](OC(=O)[C@H](O)[C@@H](NC(=O)c3ccccc3)c3ccccc3)C(C)=C1C2(C)C. The molecule has 26 heteroatoms. The number of rotatable bonds is 23. The first-order valence-electron chi connectivity index (χ1n) is 32.0. The topological polar surface area (TPSA) is 397 Å². The molecule has 10 rings (SSSR count). The summed E-state index contributed by atoms with van der Waals surface area (Å²) in [5.74, 6) is -8.19. The summed E-state index contributed by atoms with van der Waals surface area (Å²) in [7, 11) is 0. The maximum Gasteiger partial charge on any atom is 0.339 e. The summed E-state index contributed by atoms with van der Waals surface area (Å²) in [4.78, 5) is 152. The van der Waals surface area contributed by atoms with Crippen molar-refractivity contribution >= 4 is 76.0 Å². The Labute approximate surface area is 557 Å². The Bertz CT molecular complexity index is 4200. The van der Waals surface area contributed by atoms with E-state index in [1.165, 1.54) is 19.2 Å². The zero-order valence-corrected chi connectivity index (χ0v) is 55.0. The smallest absolute Gasteiger partial charge is 0.339 e. The molecule has 97 heavy (non-hydrogen) atoms. The van der Waals surface area contributed by atoms with Gasteiger partial charge in [0.1, 0.15) is 18.0 Å². The lowest BCUT2D eigenvalue weighted by molar-refractivity contribution is -0.287. The zero-order chi connectivity index (χ0) is 70.1. The Balaban J connectivity index is 0.783. The van der Waals surface area contributed by atoms with Gasteiger partial charge in [-0.2, -0.15) is 4.98 Å². The summed E-state index contributed by atoms with van der Waals surface area (Å²) in [5.41, 5.74) is 0.925. The number of nitrogens with two attached hydrogens (primary N) is 1. The van der Waals surface area contributed by atoms with Crippen LogP contribution in [0.5, 0.6) is 0 Å². The minimum atomic E-state index is -1.99. The molecule has 2 bridgehead atoms. The number of hydrogen-bond donors (Lipinski definition) is 9. The number of ketones is 2. The van der Waals surface area contributed by atoms with Gasteiger partial charge in [0.2, 0.25) is 5.95 Å². The van der Waals surface area contributed by atoms with Crippen molar-refractivity contribution in [3.05, 3.63) is 169 Å². The Hall–Kier alpha value is -10.1. The predicted molar refractivity (Wildman–Crippen MR) is 350 cm³/mol. The maximum absolute atomic E-state index is 16.0. The molecule has 0 spiro atoms. The number of carbonyl (C=O) groups excluding carboxylic acids is 8. The Kier molecular flexibility index (Phi) is 20.1. The standard InChI is InChI=1S/C71H79N9O17/c1-36-28-48(47(64(89)90)29-46(36)62(87)73-27-15-20-45(82)26-21-37(2)76-60(85)42-22-24-43(25-23-42)74-33-44-34-75-59-55(77-44)63(88)80-67(72)79-59)65(91)97-52-30-51-69(7,35-94-51)50-32-71(93)31-49(38(3)53(68(71,5)6)57(95-39(4)81)58(84)70(50,52)8)96-66(92)56(83)54(40-16-11-9-12-17-40)78-61(86)41-18-13-10-14-19-41/h9-14,16-19,22-25,28-29,34,37,49-52,54,56-57,74,83,93H,15,20-21,26-27,30-33,35H2,1-8H3,(H,73,87)(H,76,85)(H,78,86)(H,89,90)(H3,72,75,79,80,88)/t37-,49+,50-,51-,52+,54+,56-,57-,69+,70+,71-/m1/s1. The van der Waals surface area contributed by atoms with Gasteiger partial charge in [0.05, 0.1) is 59.3 Å². The number of nitrogens with zero attached hydrogens (tertiary/aromatic N) is 3. The quantitative estimate of drug-likeness (QED) is 0.0145. The molecule has 26 nitrogen and oxygen atoms in total. The fourth-order valence-electron chi connectivity index (χ4n) is 14.2. The normalized spacial score (nSPS) is 24.0. The lowest BCUT2D eigenvalue weighted by atomic mass is 9.43. The number of amides is 3. The van der Waals surface area contributed by atoms with Gasteiger partial charge in [-0.3, -0.25) is 38.5 Å². The average molecular weight is 1330 g/mol. The highest BCUT2D eigenvalue weighted by Gasteiger charge is 2.72. The Morgan fingerprint density at radius 3 is 2.13 bits per heavy atom. The molecule has 1 saturated heterocycles. The van der Waals surface area contributed by atoms with Gasteiger partial charge in [0.25, 0.3) is 23.3 Å². The van der Waals surface area contributed by atoms with Gasteiger partial charge in [-0.15, -0.1) is 0 Å². The molecule has 6 aromatic rings. The number of nitrogens with one attached hydrogen (secondary N) is 5. The van der Waals surface area contributed by atoms with E-state index in [9.17, 15) is 58.5 Å². The van der Waals surface area contributed by atoms with Crippen LogP contribution in [-0.2, 0) is 44.7 Å². The second-order valence-electron chi connectivity index (χ2n) is 26.6. The van der Waals surface area contributed by atoms with E-state index < -0.39 is 122 Å². The molecule has 4 aliphatic rings. The van der Waals surface area contributed by atoms with E-state index in [1.807, 2.05) is 6.92 Å². The zero-order valence-electron chi connectivity index (χ0n) is 55.0. The number of nitrogen functional groups attached to an aromatic ring is 1. The number of aromatic carboxylic acids is 1. The maximum atomic E-state index is 16.0. The van der Waals surface area contributed by atoms with Crippen molar-refractivity contribution in [3.63, 3.8) is 0 Å². The molecule has 3 fully saturated rings. The van der Waals surface area contributed by atoms with Gasteiger partial charge in [0.15, 0.2) is 29.2 Å². The Morgan fingerprint density at radius 1 is 0.804 bits per heavy atom. The van der Waals surface area contributed by atoms with Crippen molar-refractivity contribution in [1.29, 1.82) is 0 Å². The van der Waals surface area contributed by atoms with Crippen LogP contribution in [0.25, 0.3) is 11.2 Å². The fourth-order valence-corrected chi connectivity index (χ4v) is 14.2. The van der Waals surface area contributed by atoms with Gasteiger partial charge >= 0.3 is 23.9 Å². The molecule has 1 aliphatic heterocycles. The number of ether oxygens (including phenoxy) is 4. The van der Waals surface area contributed by atoms with Crippen LogP contribution in [0.4, 0.5) is 11.6 Å². The van der Waals surface area contributed by atoms with Crippen molar-refractivity contribution < 1.29 is 77.4 Å². The third-order valence-electron chi connectivity index (χ3n) is 19.9. The number of esters is 3. The summed E-state index contributed by atoms with van der Waals surface area (Å²) < 4.78 is 24.6. The van der Waals surface area contributed by atoms with Crippen LogP contribution in [0.3, 0.4) is 0 Å². The lowest BCUT2D eigenvalue weighted by Gasteiger charge is -2.66. The molecule has 0 radical (unpaired) electrons. The summed E-state index contributed by atoms with van der Waals surface area (Å²) in [6, 6.07) is 23.8. The van der Waals surface area contributed by atoms with Crippen LogP contribution in [0, 0.1) is 29.1 Å². The molecule has 0 unspecified atom stereocenters. The second-order valence-corrected chi connectivity index (χ2v) is 26.6. The molecule has 3 amide bonds. The highest BCUT2D eigenvalue weighted by Crippen LogP contribution is 2.66. The van der Waals surface area contributed by atoms with Crippen molar-refractivity contribution in [2.75, 3.05) is 24.2 Å². The van der Waals surface area contributed by atoms with Gasteiger partial charge in [-0.1, -0.05) is 69.3 Å². The highest BCUT2D eigenvalue weighted by atomic mass is 16.6. The number of aliphatic hydroxyl groups excluding tert-OH is 1. The van der Waals surface area contributed by atoms with Gasteiger partial charge in [-0.25, -0.2) is 24.4 Å². The third-order valence-corrected chi connectivity index (χ3v) is 19.9. The van der Waals surface area contributed by atoms with Crippen LogP contribution in [-0.4, -0.2) is 144 Å². The first-order valence-corrected chi connectivity index (χ1v) is 32.0. The number of H-pyrrole nitrogens is 1. The minimum absolute atomic E-state index is 0.0328. The largest absolute Gasteiger partial charge is 0.478 e. The van der Waals surface area contributed by atoms with E-state index >= 15 is 4.79 Å². The molecule has 11 atom stereocenters. The third kappa shape index (κ3) is 14.1. The van der Waals surface area contributed by atoms with Crippen LogP contribution in [0.1, 0.15) is 168 Å². The second kappa shape index (κ2) is 28.0. The molecule has 3 aliphatic carbocycles. The number of Topliss-reactive ketones (excluding diaryl/α,β-unsaturated/α-hetero) is 2. The van der Waals surface area contributed by atoms with Gasteiger partial charge < -0.3 is 61.3 Å². The van der Waals surface area contributed by atoms with Crippen molar-refractivity contribution in [3.8, 4) is 0 Å².